The predicted molar refractivity (Wildman–Crippen MR) is 70.5 cm³/mol. The summed E-state index contributed by atoms with van der Waals surface area (Å²) in [5, 5.41) is 9.00. The van der Waals surface area contributed by atoms with Gasteiger partial charge in [0.2, 0.25) is 10.0 Å². The molecule has 0 radical (unpaired) electrons. The van der Waals surface area contributed by atoms with Crippen LogP contribution in [-0.4, -0.2) is 36.0 Å². The molecule has 0 spiro atoms. The summed E-state index contributed by atoms with van der Waals surface area (Å²) in [7, 11) is -2.58. The highest BCUT2D eigenvalue weighted by molar-refractivity contribution is 7.89. The number of nitrogens with zero attached hydrogens (tertiary/aromatic N) is 1. The van der Waals surface area contributed by atoms with Gasteiger partial charge in [-0.2, -0.15) is 4.72 Å². The molecule has 1 aromatic heterocycles. The second-order valence-corrected chi connectivity index (χ2v) is 6.43. The van der Waals surface area contributed by atoms with E-state index >= 15 is 0 Å². The number of hydrogen-bond donors (Lipinski definition) is 3. The van der Waals surface area contributed by atoms with Crippen LogP contribution in [0.1, 0.15) is 24.3 Å². The Morgan fingerprint density at radius 3 is 2.30 bits per heavy atom. The average Bonchev–Trinajstić information content (AvgIpc) is 2.68. The molecule has 1 atom stereocenters. The summed E-state index contributed by atoms with van der Waals surface area (Å²) in [6.45, 7) is 3.17. The molecule has 0 aliphatic heterocycles. The molecule has 20 heavy (non-hydrogen) atoms. The Morgan fingerprint density at radius 1 is 1.40 bits per heavy atom. The molecule has 0 bridgehead atoms. The van der Waals surface area contributed by atoms with E-state index in [1.165, 1.54) is 17.8 Å². The van der Waals surface area contributed by atoms with Crippen LogP contribution in [0.2, 0.25) is 0 Å². The molecular weight excluding hydrogens is 286 g/mol. The van der Waals surface area contributed by atoms with Crippen LogP contribution in [0.4, 0.5) is 0 Å². The molecule has 0 saturated heterocycles. The van der Waals surface area contributed by atoms with Crippen molar-refractivity contribution in [3.8, 4) is 0 Å². The quantitative estimate of drug-likeness (QED) is 0.652. The summed E-state index contributed by atoms with van der Waals surface area (Å²) in [5.74, 6) is -2.47. The number of carbonyl (C=O) groups excluding carboxylic acids is 1. The third-order valence-electron chi connectivity index (χ3n) is 2.76. The highest BCUT2D eigenvalue weighted by Crippen LogP contribution is 2.15. The molecule has 112 valence electrons. The van der Waals surface area contributed by atoms with Gasteiger partial charge < -0.3 is 15.4 Å². The van der Waals surface area contributed by atoms with Gasteiger partial charge in [-0.25, -0.2) is 8.42 Å². The maximum absolute atomic E-state index is 12.1. The van der Waals surface area contributed by atoms with Crippen LogP contribution in [0.3, 0.4) is 0 Å². The zero-order valence-corrected chi connectivity index (χ0v) is 12.1. The first-order chi connectivity index (χ1) is 9.06. The number of aliphatic carboxylic acids is 1. The van der Waals surface area contributed by atoms with Crippen LogP contribution in [0, 0.1) is 5.92 Å². The fourth-order valence-electron chi connectivity index (χ4n) is 1.63. The smallest absolute Gasteiger partial charge is 0.322 e. The van der Waals surface area contributed by atoms with Gasteiger partial charge in [0.25, 0.3) is 5.91 Å². The van der Waals surface area contributed by atoms with Crippen molar-refractivity contribution in [2.24, 2.45) is 18.7 Å². The van der Waals surface area contributed by atoms with Crippen LogP contribution in [-0.2, 0) is 21.9 Å². The molecule has 1 amide bonds. The molecule has 0 aromatic carbocycles. The van der Waals surface area contributed by atoms with Crippen molar-refractivity contribution in [3.05, 3.63) is 18.0 Å². The first kappa shape index (κ1) is 16.2. The van der Waals surface area contributed by atoms with Gasteiger partial charge in [0.05, 0.1) is 0 Å². The van der Waals surface area contributed by atoms with E-state index in [1.54, 1.807) is 13.8 Å². The monoisotopic (exact) mass is 303 g/mol. The normalized spacial score (nSPS) is 13.4. The largest absolute Gasteiger partial charge is 0.480 e. The highest BCUT2D eigenvalue weighted by Gasteiger charge is 2.29. The molecule has 4 N–H and O–H groups in total. The lowest BCUT2D eigenvalue weighted by Gasteiger charge is -2.17. The van der Waals surface area contributed by atoms with Gasteiger partial charge >= 0.3 is 5.97 Å². The number of amides is 1. The minimum absolute atomic E-state index is 0.0156. The molecule has 0 unspecified atom stereocenters. The molecule has 0 saturated carbocycles. The number of rotatable bonds is 6. The lowest BCUT2D eigenvalue weighted by atomic mass is 10.1. The number of aromatic nitrogens is 1. The lowest BCUT2D eigenvalue weighted by molar-refractivity contribution is -0.140. The maximum atomic E-state index is 12.1. The minimum atomic E-state index is -4.04. The standard InChI is InChI=1S/C11H17N3O5S/c1-6(2)9(11(16)17)13-20(18,19)7-4-8(10(12)15)14(3)5-7/h4-6,9,13H,1-3H3,(H2,12,15)(H,16,17)/t9-/m1/s1. The minimum Gasteiger partial charge on any atom is -0.480 e. The van der Waals surface area contributed by atoms with Crippen LogP contribution in [0.25, 0.3) is 0 Å². The van der Waals surface area contributed by atoms with Crippen LogP contribution in [0.15, 0.2) is 17.2 Å². The van der Waals surface area contributed by atoms with E-state index in [1.807, 2.05) is 0 Å². The van der Waals surface area contributed by atoms with Crippen LogP contribution >= 0.6 is 0 Å². The van der Waals surface area contributed by atoms with Crippen molar-refractivity contribution in [2.75, 3.05) is 0 Å². The van der Waals surface area contributed by atoms with Gasteiger partial charge in [-0.3, -0.25) is 9.59 Å². The SMILES string of the molecule is CC(C)[C@@H](NS(=O)(=O)c1cc(C(N)=O)n(C)c1)C(=O)O. The number of aryl methyl sites for hydroxylation is 1. The Morgan fingerprint density at radius 2 is 1.95 bits per heavy atom. The first-order valence-corrected chi connectivity index (χ1v) is 7.26. The van der Waals surface area contributed by atoms with Crippen molar-refractivity contribution in [3.63, 3.8) is 0 Å². The van der Waals surface area contributed by atoms with Crippen LogP contribution < -0.4 is 10.5 Å². The highest BCUT2D eigenvalue weighted by atomic mass is 32.2. The Kier molecular flexibility index (Phi) is 4.56. The predicted octanol–water partition coefficient (Wildman–Crippen LogP) is -0.488. The van der Waals surface area contributed by atoms with Gasteiger partial charge in [-0.1, -0.05) is 13.8 Å². The van der Waals surface area contributed by atoms with E-state index in [4.69, 9.17) is 10.8 Å². The lowest BCUT2D eigenvalue weighted by Crippen LogP contribution is -2.44. The number of sulfonamides is 1. The molecule has 1 aromatic rings. The molecule has 0 aliphatic rings. The Bertz CT molecular complexity index is 632. The fourth-order valence-corrected chi connectivity index (χ4v) is 3.04. The Balaban J connectivity index is 3.14. The summed E-state index contributed by atoms with van der Waals surface area (Å²) < 4.78 is 27.6. The number of nitrogens with two attached hydrogens (primary N) is 1. The Labute approximate surface area is 116 Å². The van der Waals surface area contributed by atoms with E-state index < -0.39 is 33.9 Å². The van der Waals surface area contributed by atoms with E-state index in [0.717, 1.165) is 6.07 Å². The zero-order valence-electron chi connectivity index (χ0n) is 11.3. The molecule has 1 rings (SSSR count). The number of primary amides is 1. The maximum Gasteiger partial charge on any atom is 0.322 e. The topological polar surface area (TPSA) is 131 Å². The van der Waals surface area contributed by atoms with Crippen molar-refractivity contribution in [1.29, 1.82) is 0 Å². The van der Waals surface area contributed by atoms with E-state index in [2.05, 4.69) is 4.72 Å². The second kappa shape index (κ2) is 5.63. The van der Waals surface area contributed by atoms with Gasteiger partial charge in [-0.05, 0) is 12.0 Å². The zero-order chi connectivity index (χ0) is 15.7. The first-order valence-electron chi connectivity index (χ1n) is 5.77. The summed E-state index contributed by atoms with van der Waals surface area (Å²) in [4.78, 5) is 21.9. The summed E-state index contributed by atoms with van der Waals surface area (Å²) in [5.41, 5.74) is 5.12. The van der Waals surface area contributed by atoms with Gasteiger partial charge in [0, 0.05) is 13.2 Å². The van der Waals surface area contributed by atoms with Crippen molar-refractivity contribution in [1.82, 2.24) is 9.29 Å². The molecule has 0 fully saturated rings. The number of carbonyl (C=O) groups is 2. The summed E-state index contributed by atoms with van der Waals surface area (Å²) >= 11 is 0. The third kappa shape index (κ3) is 3.36. The summed E-state index contributed by atoms with van der Waals surface area (Å²) in [6.07, 6.45) is 1.20. The molecule has 8 nitrogen and oxygen atoms in total. The fraction of sp³-hybridized carbons (Fsp3) is 0.455. The molecule has 9 heteroatoms. The Hall–Kier alpha value is -1.87. The second-order valence-electron chi connectivity index (χ2n) is 4.72. The number of carboxylic acids is 1. The number of hydrogen-bond acceptors (Lipinski definition) is 4. The van der Waals surface area contributed by atoms with Gasteiger partial charge in [0.1, 0.15) is 16.6 Å². The molecular formula is C11H17N3O5S. The van der Waals surface area contributed by atoms with Crippen molar-refractivity contribution < 1.29 is 23.1 Å². The van der Waals surface area contributed by atoms with Crippen molar-refractivity contribution >= 4 is 21.9 Å². The van der Waals surface area contributed by atoms with E-state index in [9.17, 15) is 18.0 Å². The van der Waals surface area contributed by atoms with E-state index in [-0.39, 0.29) is 10.6 Å². The number of carboxylic acid groups (broad SMARTS) is 1. The van der Waals surface area contributed by atoms with Crippen LogP contribution in [0.5, 0.6) is 0 Å². The molecule has 0 aliphatic carbocycles. The van der Waals surface area contributed by atoms with Gasteiger partial charge in [0.15, 0.2) is 0 Å². The summed E-state index contributed by atoms with van der Waals surface area (Å²) in [6, 6.07) is -0.151. The number of nitrogens with one attached hydrogen (secondary N) is 1. The van der Waals surface area contributed by atoms with Gasteiger partial charge in [-0.15, -0.1) is 0 Å². The average molecular weight is 303 g/mol. The molecule has 1 heterocycles. The van der Waals surface area contributed by atoms with E-state index in [0.29, 0.717) is 0 Å². The van der Waals surface area contributed by atoms with Crippen molar-refractivity contribution in [2.45, 2.75) is 24.8 Å². The third-order valence-corrected chi connectivity index (χ3v) is 4.17.